The van der Waals surface area contributed by atoms with E-state index < -0.39 is 0 Å². The highest BCUT2D eigenvalue weighted by atomic mass is 35.5. The number of morpholine rings is 1. The highest BCUT2D eigenvalue weighted by molar-refractivity contribution is 5.91. The number of carbonyl (C=O) groups excluding carboxylic acids is 1. The van der Waals surface area contributed by atoms with E-state index in [1.807, 2.05) is 12.1 Å². The van der Waals surface area contributed by atoms with E-state index in [1.165, 1.54) is 0 Å². The van der Waals surface area contributed by atoms with Crippen molar-refractivity contribution in [3.63, 3.8) is 0 Å². The summed E-state index contributed by atoms with van der Waals surface area (Å²) < 4.78 is 11.0. The lowest BCUT2D eigenvalue weighted by atomic mass is 10.2. The molecule has 0 radical (unpaired) electrons. The number of nitrogens with zero attached hydrogens (tertiary/aromatic N) is 1. The van der Waals surface area contributed by atoms with E-state index in [0.717, 1.165) is 12.2 Å². The van der Waals surface area contributed by atoms with Gasteiger partial charge in [0.15, 0.2) is 0 Å². The molecule has 0 bridgehead atoms. The van der Waals surface area contributed by atoms with E-state index >= 15 is 0 Å². The molecule has 8 heteroatoms. The lowest BCUT2D eigenvalue weighted by molar-refractivity contribution is -0.117. The lowest BCUT2D eigenvalue weighted by Crippen LogP contribution is -2.43. The van der Waals surface area contributed by atoms with Gasteiger partial charge in [0.1, 0.15) is 5.75 Å². The van der Waals surface area contributed by atoms with Crippen LogP contribution in [0.5, 0.6) is 11.6 Å². The molecule has 2 aromatic rings. The van der Waals surface area contributed by atoms with Crippen LogP contribution in [0.4, 0.5) is 5.69 Å². The van der Waals surface area contributed by atoms with Crippen LogP contribution in [0.3, 0.4) is 0 Å². The molecule has 1 fully saturated rings. The molecular formula is C17H21Cl2N3O3. The Balaban J connectivity index is 0.00000156. The summed E-state index contributed by atoms with van der Waals surface area (Å²) in [6.45, 7) is 2.07. The molecule has 1 aliphatic rings. The minimum atomic E-state index is -0.0357. The van der Waals surface area contributed by atoms with Crippen molar-refractivity contribution in [2.24, 2.45) is 0 Å². The van der Waals surface area contributed by atoms with Crippen molar-refractivity contribution < 1.29 is 14.3 Å². The smallest absolute Gasteiger partial charge is 0.226 e. The van der Waals surface area contributed by atoms with Gasteiger partial charge in [-0.2, -0.15) is 0 Å². The maximum absolute atomic E-state index is 12.0. The molecule has 2 heterocycles. The number of amides is 1. The largest absolute Gasteiger partial charge is 0.439 e. The normalized spacial score (nSPS) is 16.1. The number of anilines is 1. The molecule has 136 valence electrons. The van der Waals surface area contributed by atoms with Gasteiger partial charge in [-0.25, -0.2) is 4.98 Å². The molecule has 6 nitrogen and oxygen atoms in total. The first-order chi connectivity index (χ1) is 11.3. The van der Waals surface area contributed by atoms with Gasteiger partial charge in [-0.1, -0.05) is 6.07 Å². The fourth-order valence-corrected chi connectivity index (χ4v) is 2.32. The Morgan fingerprint density at radius 3 is 2.68 bits per heavy atom. The zero-order valence-corrected chi connectivity index (χ0v) is 15.1. The minimum Gasteiger partial charge on any atom is -0.439 e. The topological polar surface area (TPSA) is 72.5 Å². The summed E-state index contributed by atoms with van der Waals surface area (Å²) in [4.78, 5) is 16.1. The molecule has 1 saturated heterocycles. The molecule has 1 aromatic heterocycles. The second-order valence-corrected chi connectivity index (χ2v) is 5.27. The Kier molecular flexibility index (Phi) is 9.23. The van der Waals surface area contributed by atoms with Gasteiger partial charge in [0.25, 0.3) is 0 Å². The number of hydrogen-bond donors (Lipinski definition) is 2. The van der Waals surface area contributed by atoms with E-state index in [1.54, 1.807) is 36.5 Å². The summed E-state index contributed by atoms with van der Waals surface area (Å²) in [6, 6.07) is 12.8. The first-order valence-electron chi connectivity index (χ1n) is 7.59. The van der Waals surface area contributed by atoms with Crippen LogP contribution in [0.25, 0.3) is 0 Å². The van der Waals surface area contributed by atoms with Gasteiger partial charge in [-0.15, -0.1) is 24.8 Å². The highest BCUT2D eigenvalue weighted by Gasteiger charge is 2.16. The van der Waals surface area contributed by atoms with E-state index in [4.69, 9.17) is 9.47 Å². The summed E-state index contributed by atoms with van der Waals surface area (Å²) >= 11 is 0. The number of halogens is 2. The summed E-state index contributed by atoms with van der Waals surface area (Å²) in [7, 11) is 0. The predicted octanol–water partition coefficient (Wildman–Crippen LogP) is 3.03. The monoisotopic (exact) mass is 385 g/mol. The Hall–Kier alpha value is -1.86. The lowest BCUT2D eigenvalue weighted by Gasteiger charge is -2.23. The number of rotatable bonds is 5. The van der Waals surface area contributed by atoms with Crippen LogP contribution in [0.15, 0.2) is 48.7 Å². The number of carbonyl (C=O) groups is 1. The van der Waals surface area contributed by atoms with Crippen LogP contribution in [-0.4, -0.2) is 36.7 Å². The van der Waals surface area contributed by atoms with E-state index in [9.17, 15) is 4.79 Å². The number of pyridine rings is 1. The summed E-state index contributed by atoms with van der Waals surface area (Å²) in [5.74, 6) is 1.17. The Morgan fingerprint density at radius 2 is 2.04 bits per heavy atom. The van der Waals surface area contributed by atoms with Crippen molar-refractivity contribution in [1.29, 1.82) is 0 Å². The Morgan fingerprint density at radius 1 is 1.24 bits per heavy atom. The van der Waals surface area contributed by atoms with Crippen molar-refractivity contribution in [2.75, 3.05) is 25.1 Å². The van der Waals surface area contributed by atoms with Crippen molar-refractivity contribution in [3.8, 4) is 11.6 Å². The molecule has 0 spiro atoms. The maximum atomic E-state index is 12.0. The third-order valence-electron chi connectivity index (χ3n) is 3.43. The highest BCUT2D eigenvalue weighted by Crippen LogP contribution is 2.21. The van der Waals surface area contributed by atoms with Crippen molar-refractivity contribution in [2.45, 2.75) is 12.5 Å². The van der Waals surface area contributed by atoms with Gasteiger partial charge >= 0.3 is 0 Å². The molecule has 0 aliphatic carbocycles. The number of nitrogens with one attached hydrogen (secondary N) is 2. The minimum absolute atomic E-state index is 0. The van der Waals surface area contributed by atoms with Crippen LogP contribution in [0, 0.1) is 0 Å². The zero-order chi connectivity index (χ0) is 15.9. The van der Waals surface area contributed by atoms with E-state index in [-0.39, 0.29) is 36.8 Å². The van der Waals surface area contributed by atoms with Gasteiger partial charge in [-0.3, -0.25) is 4.79 Å². The molecule has 0 saturated carbocycles. The third-order valence-corrected chi connectivity index (χ3v) is 3.43. The molecule has 3 rings (SSSR count). The van der Waals surface area contributed by atoms with Gasteiger partial charge in [0, 0.05) is 37.0 Å². The van der Waals surface area contributed by atoms with Crippen LogP contribution >= 0.6 is 24.8 Å². The average molecular weight is 386 g/mol. The molecule has 1 atom stereocenters. The van der Waals surface area contributed by atoms with E-state index in [0.29, 0.717) is 31.3 Å². The fourth-order valence-electron chi connectivity index (χ4n) is 2.32. The first-order valence-corrected chi connectivity index (χ1v) is 7.59. The molecule has 1 aliphatic heterocycles. The van der Waals surface area contributed by atoms with Gasteiger partial charge in [-0.05, 0) is 30.3 Å². The number of benzene rings is 1. The Bertz CT molecular complexity index is 635. The molecule has 25 heavy (non-hydrogen) atoms. The van der Waals surface area contributed by atoms with E-state index in [2.05, 4.69) is 15.6 Å². The maximum Gasteiger partial charge on any atom is 0.226 e. The summed E-state index contributed by atoms with van der Waals surface area (Å²) in [5.41, 5.74) is 0.736. The van der Waals surface area contributed by atoms with Crippen molar-refractivity contribution in [3.05, 3.63) is 48.7 Å². The summed E-state index contributed by atoms with van der Waals surface area (Å²) in [5, 5.41) is 6.13. The van der Waals surface area contributed by atoms with Crippen LogP contribution in [0.1, 0.15) is 6.42 Å². The molecule has 1 unspecified atom stereocenters. The second kappa shape index (κ2) is 10.9. The predicted molar refractivity (Wildman–Crippen MR) is 101 cm³/mol. The van der Waals surface area contributed by atoms with Crippen molar-refractivity contribution in [1.82, 2.24) is 10.3 Å². The molecule has 2 N–H and O–H groups in total. The molecule has 1 aromatic carbocycles. The second-order valence-electron chi connectivity index (χ2n) is 5.27. The number of ether oxygens (including phenoxy) is 2. The standard InChI is InChI=1S/C17H19N3O3.2ClH/c21-16(11-14-12-22-10-9-18-14)20-13-4-6-15(7-5-13)23-17-3-1-2-8-19-17;;/h1-8,14,18H,9-12H2,(H,20,21);2*1H. The summed E-state index contributed by atoms with van der Waals surface area (Å²) in [6.07, 6.45) is 2.07. The number of aromatic nitrogens is 1. The van der Waals surface area contributed by atoms with Gasteiger partial charge < -0.3 is 20.1 Å². The van der Waals surface area contributed by atoms with Crippen molar-refractivity contribution >= 4 is 36.4 Å². The molecular weight excluding hydrogens is 365 g/mol. The average Bonchev–Trinajstić information content (AvgIpc) is 2.58. The fraction of sp³-hybridized carbons (Fsp3) is 0.294. The quantitative estimate of drug-likeness (QED) is 0.827. The van der Waals surface area contributed by atoms with Gasteiger partial charge in [0.2, 0.25) is 11.8 Å². The SMILES string of the molecule is Cl.Cl.O=C(CC1COCCN1)Nc1ccc(Oc2ccccn2)cc1. The van der Waals surface area contributed by atoms with Crippen LogP contribution in [-0.2, 0) is 9.53 Å². The van der Waals surface area contributed by atoms with Crippen LogP contribution in [0.2, 0.25) is 0 Å². The molecule has 1 amide bonds. The first kappa shape index (κ1) is 21.2. The number of hydrogen-bond acceptors (Lipinski definition) is 5. The zero-order valence-electron chi connectivity index (χ0n) is 13.5. The Labute approximate surface area is 159 Å². The van der Waals surface area contributed by atoms with Crippen LogP contribution < -0.4 is 15.4 Å². The third kappa shape index (κ3) is 6.88. The van der Waals surface area contributed by atoms with Gasteiger partial charge in [0.05, 0.1) is 13.2 Å².